The van der Waals surface area contributed by atoms with Crippen molar-refractivity contribution in [3.63, 3.8) is 0 Å². The van der Waals surface area contributed by atoms with Gasteiger partial charge in [0.15, 0.2) is 0 Å². The number of piperazine rings is 1. The Kier molecular flexibility index (Phi) is 8.14. The van der Waals surface area contributed by atoms with Crippen LogP contribution in [-0.4, -0.2) is 56.0 Å². The molecule has 0 saturated carbocycles. The molecule has 1 saturated heterocycles. The van der Waals surface area contributed by atoms with E-state index in [1.165, 1.54) is 11.3 Å². The predicted octanol–water partition coefficient (Wildman–Crippen LogP) is 4.19. The van der Waals surface area contributed by atoms with Gasteiger partial charge in [0.05, 0.1) is 0 Å². The number of carbonyl (C=O) groups is 2. The van der Waals surface area contributed by atoms with Crippen LogP contribution in [0.1, 0.15) is 55.6 Å². The van der Waals surface area contributed by atoms with E-state index >= 15 is 0 Å². The summed E-state index contributed by atoms with van der Waals surface area (Å²) >= 11 is 0. The van der Waals surface area contributed by atoms with E-state index in [-0.39, 0.29) is 23.7 Å². The van der Waals surface area contributed by atoms with E-state index in [1.807, 2.05) is 36.4 Å². The fraction of sp³-hybridized carbons (Fsp3) is 0.481. The Morgan fingerprint density at radius 2 is 1.64 bits per heavy atom. The topological polar surface area (TPSA) is 64.7 Å². The highest BCUT2D eigenvalue weighted by atomic mass is 16.2. The first-order valence-corrected chi connectivity index (χ1v) is 11.9. The second-order valence-electron chi connectivity index (χ2n) is 9.80. The Bertz CT molecular complexity index is 955. The summed E-state index contributed by atoms with van der Waals surface area (Å²) in [6, 6.07) is 13.7. The summed E-state index contributed by atoms with van der Waals surface area (Å²) in [5, 5.41) is 5.78. The second kappa shape index (κ2) is 10.8. The molecular weight excluding hydrogens is 412 g/mol. The summed E-state index contributed by atoms with van der Waals surface area (Å²) in [5.74, 6) is -0.270. The maximum Gasteiger partial charge on any atom is 0.251 e. The highest BCUT2D eigenvalue weighted by Crippen LogP contribution is 2.25. The average Bonchev–Trinajstić information content (AvgIpc) is 2.79. The predicted molar refractivity (Wildman–Crippen MR) is 136 cm³/mol. The van der Waals surface area contributed by atoms with Crippen LogP contribution in [0.4, 0.5) is 11.4 Å². The molecule has 6 nitrogen and oxygen atoms in total. The first kappa shape index (κ1) is 24.8. The van der Waals surface area contributed by atoms with E-state index in [1.54, 1.807) is 0 Å². The summed E-state index contributed by atoms with van der Waals surface area (Å²) in [6.45, 7) is 16.3. The molecule has 1 aliphatic rings. The number of amides is 2. The van der Waals surface area contributed by atoms with Crippen molar-refractivity contribution in [2.75, 3.05) is 49.5 Å². The summed E-state index contributed by atoms with van der Waals surface area (Å²) in [4.78, 5) is 29.6. The van der Waals surface area contributed by atoms with Gasteiger partial charge in [0.25, 0.3) is 5.91 Å². The number of nitrogens with zero attached hydrogens (tertiary/aromatic N) is 2. The molecular formula is C27H38N4O2. The van der Waals surface area contributed by atoms with Gasteiger partial charge < -0.3 is 20.4 Å². The SMILES string of the molecule is CCN1CCN(c2ccc(NC(=O)CCNC(=O)c3ccc(C(C)(C)C)cc3)cc2C)CC1. The molecule has 0 spiro atoms. The number of hydrogen-bond donors (Lipinski definition) is 2. The van der Waals surface area contributed by atoms with Crippen LogP contribution in [0.3, 0.4) is 0 Å². The molecule has 0 atom stereocenters. The van der Waals surface area contributed by atoms with E-state index < -0.39 is 0 Å². The van der Waals surface area contributed by atoms with Crippen molar-refractivity contribution in [3.05, 3.63) is 59.2 Å². The Morgan fingerprint density at radius 3 is 2.21 bits per heavy atom. The molecule has 1 aliphatic heterocycles. The first-order valence-electron chi connectivity index (χ1n) is 11.9. The van der Waals surface area contributed by atoms with Crippen LogP contribution in [0.15, 0.2) is 42.5 Å². The average molecular weight is 451 g/mol. The van der Waals surface area contributed by atoms with Crippen LogP contribution in [0.5, 0.6) is 0 Å². The van der Waals surface area contributed by atoms with E-state index in [2.05, 4.69) is 61.1 Å². The molecule has 178 valence electrons. The number of benzene rings is 2. The molecule has 6 heteroatoms. The highest BCUT2D eigenvalue weighted by molar-refractivity contribution is 5.95. The van der Waals surface area contributed by atoms with Crippen molar-refractivity contribution < 1.29 is 9.59 Å². The van der Waals surface area contributed by atoms with Gasteiger partial charge in [0.2, 0.25) is 5.91 Å². The molecule has 0 unspecified atom stereocenters. The Morgan fingerprint density at radius 1 is 0.970 bits per heavy atom. The fourth-order valence-corrected chi connectivity index (χ4v) is 4.13. The zero-order valence-electron chi connectivity index (χ0n) is 20.7. The smallest absolute Gasteiger partial charge is 0.251 e. The van der Waals surface area contributed by atoms with Gasteiger partial charge in [0.1, 0.15) is 0 Å². The maximum absolute atomic E-state index is 12.4. The Balaban J connectivity index is 1.46. The molecule has 1 heterocycles. The van der Waals surface area contributed by atoms with Crippen LogP contribution < -0.4 is 15.5 Å². The van der Waals surface area contributed by atoms with Gasteiger partial charge in [-0.05, 0) is 60.3 Å². The lowest BCUT2D eigenvalue weighted by molar-refractivity contribution is -0.116. The molecule has 33 heavy (non-hydrogen) atoms. The molecule has 2 aromatic rings. The Labute approximate surface area is 198 Å². The summed E-state index contributed by atoms with van der Waals surface area (Å²) in [5.41, 5.74) is 5.02. The van der Waals surface area contributed by atoms with Crippen molar-refractivity contribution >= 4 is 23.2 Å². The normalized spacial score (nSPS) is 14.8. The van der Waals surface area contributed by atoms with Crippen molar-refractivity contribution in [1.29, 1.82) is 0 Å². The lowest BCUT2D eigenvalue weighted by atomic mass is 9.87. The van der Waals surface area contributed by atoms with Gasteiger partial charge in [-0.25, -0.2) is 0 Å². The van der Waals surface area contributed by atoms with Crippen LogP contribution in [-0.2, 0) is 10.2 Å². The molecule has 1 fully saturated rings. The quantitative estimate of drug-likeness (QED) is 0.664. The minimum atomic E-state index is -0.161. The summed E-state index contributed by atoms with van der Waals surface area (Å²) in [6.07, 6.45) is 0.228. The number of hydrogen-bond acceptors (Lipinski definition) is 4. The van der Waals surface area contributed by atoms with Gasteiger partial charge >= 0.3 is 0 Å². The zero-order valence-corrected chi connectivity index (χ0v) is 20.7. The van der Waals surface area contributed by atoms with Crippen molar-refractivity contribution in [2.24, 2.45) is 0 Å². The van der Waals surface area contributed by atoms with Crippen LogP contribution in [0.2, 0.25) is 0 Å². The number of nitrogens with one attached hydrogen (secondary N) is 2. The number of aryl methyl sites for hydroxylation is 1. The third-order valence-corrected chi connectivity index (χ3v) is 6.29. The molecule has 3 rings (SSSR count). The van der Waals surface area contributed by atoms with Gasteiger partial charge in [-0.2, -0.15) is 0 Å². The van der Waals surface area contributed by atoms with E-state index in [4.69, 9.17) is 0 Å². The van der Waals surface area contributed by atoms with Crippen molar-refractivity contribution in [2.45, 2.75) is 46.5 Å². The van der Waals surface area contributed by atoms with E-state index in [0.717, 1.165) is 44.0 Å². The van der Waals surface area contributed by atoms with Crippen LogP contribution >= 0.6 is 0 Å². The molecule has 0 aliphatic carbocycles. The van der Waals surface area contributed by atoms with Gasteiger partial charge in [-0.15, -0.1) is 0 Å². The monoisotopic (exact) mass is 450 g/mol. The van der Waals surface area contributed by atoms with E-state index in [0.29, 0.717) is 12.1 Å². The minimum absolute atomic E-state index is 0.0493. The third-order valence-electron chi connectivity index (χ3n) is 6.29. The number of rotatable bonds is 7. The first-order chi connectivity index (χ1) is 15.7. The van der Waals surface area contributed by atoms with Gasteiger partial charge in [-0.1, -0.05) is 39.8 Å². The Hall–Kier alpha value is -2.86. The van der Waals surface area contributed by atoms with Crippen LogP contribution in [0, 0.1) is 6.92 Å². The largest absolute Gasteiger partial charge is 0.369 e. The standard InChI is InChI=1S/C27H38N4O2/c1-6-30-15-17-31(18-16-30)24-12-11-23(19-20(24)2)29-25(32)13-14-28-26(33)21-7-9-22(10-8-21)27(3,4)5/h7-12,19H,6,13-18H2,1-5H3,(H,28,33)(H,29,32). The molecule has 2 aromatic carbocycles. The van der Waals surface area contributed by atoms with E-state index in [9.17, 15) is 9.59 Å². The third kappa shape index (κ3) is 6.81. The van der Waals surface area contributed by atoms with Gasteiger partial charge in [-0.3, -0.25) is 9.59 Å². The summed E-state index contributed by atoms with van der Waals surface area (Å²) in [7, 11) is 0. The number of anilines is 2. The number of likely N-dealkylation sites (N-methyl/N-ethyl adjacent to an activating group) is 1. The van der Waals surface area contributed by atoms with Crippen molar-refractivity contribution in [3.8, 4) is 0 Å². The lowest BCUT2D eigenvalue weighted by Crippen LogP contribution is -2.46. The van der Waals surface area contributed by atoms with Gasteiger partial charge in [0, 0.05) is 56.1 Å². The molecule has 2 amide bonds. The molecule has 0 bridgehead atoms. The number of carbonyl (C=O) groups excluding carboxylic acids is 2. The minimum Gasteiger partial charge on any atom is -0.369 e. The second-order valence-corrected chi connectivity index (χ2v) is 9.80. The lowest BCUT2D eigenvalue weighted by Gasteiger charge is -2.36. The molecule has 2 N–H and O–H groups in total. The highest BCUT2D eigenvalue weighted by Gasteiger charge is 2.18. The van der Waals surface area contributed by atoms with Crippen molar-refractivity contribution in [1.82, 2.24) is 10.2 Å². The fourth-order valence-electron chi connectivity index (χ4n) is 4.13. The molecule has 0 radical (unpaired) electrons. The summed E-state index contributed by atoms with van der Waals surface area (Å²) < 4.78 is 0. The maximum atomic E-state index is 12.4. The molecule has 0 aromatic heterocycles. The van der Waals surface area contributed by atoms with Crippen LogP contribution in [0.25, 0.3) is 0 Å². The zero-order chi connectivity index (χ0) is 24.0.